The van der Waals surface area contributed by atoms with E-state index in [2.05, 4.69) is 34.8 Å². The van der Waals surface area contributed by atoms with Crippen LogP contribution in [0.15, 0.2) is 79.0 Å². The maximum Gasteiger partial charge on any atom is 0.408 e. The number of rotatable bonds is 15. The van der Waals surface area contributed by atoms with Crippen molar-refractivity contribution in [2.45, 2.75) is 70.6 Å². The van der Waals surface area contributed by atoms with Crippen molar-refractivity contribution in [1.29, 1.82) is 0 Å². The van der Waals surface area contributed by atoms with Crippen LogP contribution in [0.3, 0.4) is 0 Å². The first-order chi connectivity index (χ1) is 25.0. The molecule has 5 aromatic rings. The SMILES string of the molecule is CCCC(OCC)n1ncc2cc(Nc3nc(-c4ccc(OCC5(NC(=O)OCc6ccccc6)COC5)cc4)nn3C3CCCCO3)ccc21. The molecule has 2 fully saturated rings. The van der Waals surface area contributed by atoms with E-state index >= 15 is 0 Å². The summed E-state index contributed by atoms with van der Waals surface area (Å²) in [6.45, 7) is 6.58. The number of hydrogen-bond donors (Lipinski definition) is 2. The van der Waals surface area contributed by atoms with Gasteiger partial charge in [-0.25, -0.2) is 14.2 Å². The van der Waals surface area contributed by atoms with Gasteiger partial charge >= 0.3 is 6.09 Å². The van der Waals surface area contributed by atoms with Gasteiger partial charge in [0.1, 0.15) is 24.5 Å². The minimum absolute atomic E-state index is 0.0961. The number of nitrogens with zero attached hydrogens (tertiary/aromatic N) is 5. The molecule has 3 aromatic carbocycles. The van der Waals surface area contributed by atoms with E-state index < -0.39 is 11.6 Å². The number of carbonyl (C=O) groups is 1. The van der Waals surface area contributed by atoms with Crippen molar-refractivity contribution in [3.63, 3.8) is 0 Å². The molecule has 13 nitrogen and oxygen atoms in total. The van der Waals surface area contributed by atoms with E-state index in [1.54, 1.807) is 0 Å². The van der Waals surface area contributed by atoms with Gasteiger partial charge in [-0.05, 0) is 80.6 Å². The molecule has 0 saturated carbocycles. The smallest absolute Gasteiger partial charge is 0.408 e. The lowest BCUT2D eigenvalue weighted by Crippen LogP contribution is -2.65. The monoisotopic (exact) mass is 695 g/mol. The third kappa shape index (κ3) is 8.16. The molecule has 0 bridgehead atoms. The van der Waals surface area contributed by atoms with Crippen LogP contribution in [0.1, 0.15) is 64.0 Å². The zero-order valence-electron chi connectivity index (χ0n) is 29.1. The maximum absolute atomic E-state index is 12.5. The van der Waals surface area contributed by atoms with Crippen molar-refractivity contribution in [3.8, 4) is 17.1 Å². The molecule has 51 heavy (non-hydrogen) atoms. The molecule has 268 valence electrons. The zero-order chi connectivity index (χ0) is 35.0. The number of nitrogens with one attached hydrogen (secondary N) is 2. The zero-order valence-corrected chi connectivity index (χ0v) is 29.1. The van der Waals surface area contributed by atoms with Crippen molar-refractivity contribution >= 4 is 28.6 Å². The highest BCUT2D eigenvalue weighted by atomic mass is 16.6. The second-order valence-electron chi connectivity index (χ2n) is 13.0. The van der Waals surface area contributed by atoms with Gasteiger partial charge < -0.3 is 34.3 Å². The van der Waals surface area contributed by atoms with Gasteiger partial charge in [0.05, 0.1) is 24.9 Å². The molecular formula is C38H45N7O6. The van der Waals surface area contributed by atoms with Gasteiger partial charge in [-0.1, -0.05) is 43.7 Å². The minimum Gasteiger partial charge on any atom is -0.491 e. The highest BCUT2D eigenvalue weighted by molar-refractivity contribution is 5.83. The Kier molecular flexibility index (Phi) is 10.8. The number of amides is 1. The molecule has 2 unspecified atom stereocenters. The quantitative estimate of drug-likeness (QED) is 0.116. The summed E-state index contributed by atoms with van der Waals surface area (Å²) in [5.74, 6) is 1.81. The standard InChI is InChI=1S/C38H45N7O6/c1-3-10-33(48-4-2)44-32-19-16-30(21-29(32)22-39-44)40-36-41-35(43-45(36)34-13-8-9-20-49-34)28-14-17-31(18-15-28)51-26-38(24-47-25-38)42-37(46)50-23-27-11-6-5-7-12-27/h5-7,11-12,14-19,21-22,33-34H,3-4,8-10,13,20,23-26H2,1-2H3,(H,42,46)(H,40,41,43). The third-order valence-corrected chi connectivity index (χ3v) is 9.04. The van der Waals surface area contributed by atoms with E-state index in [-0.39, 0.29) is 25.7 Å². The van der Waals surface area contributed by atoms with E-state index in [1.807, 2.05) is 83.1 Å². The highest BCUT2D eigenvalue weighted by Crippen LogP contribution is 2.31. The first-order valence-electron chi connectivity index (χ1n) is 17.8. The largest absolute Gasteiger partial charge is 0.491 e. The number of alkyl carbamates (subject to hydrolysis) is 1. The predicted octanol–water partition coefficient (Wildman–Crippen LogP) is 7.15. The lowest BCUT2D eigenvalue weighted by atomic mass is 9.99. The summed E-state index contributed by atoms with van der Waals surface area (Å²) in [5, 5.41) is 17.0. The summed E-state index contributed by atoms with van der Waals surface area (Å²) in [4.78, 5) is 17.5. The van der Waals surface area contributed by atoms with Crippen LogP contribution in [0.2, 0.25) is 0 Å². The Hall–Kier alpha value is -4.98. The van der Waals surface area contributed by atoms with Crippen molar-refractivity contribution in [2.75, 3.05) is 38.4 Å². The average molecular weight is 696 g/mol. The van der Waals surface area contributed by atoms with Crippen molar-refractivity contribution < 1.29 is 28.5 Å². The summed E-state index contributed by atoms with van der Waals surface area (Å²) >= 11 is 0. The number of fused-ring (bicyclic) bond motifs is 1. The van der Waals surface area contributed by atoms with E-state index in [0.717, 1.165) is 59.8 Å². The molecule has 2 aromatic heterocycles. The Morgan fingerprint density at radius 3 is 2.63 bits per heavy atom. The van der Waals surface area contributed by atoms with Crippen LogP contribution in [0.25, 0.3) is 22.3 Å². The van der Waals surface area contributed by atoms with Gasteiger partial charge in [-0.15, -0.1) is 5.10 Å². The first kappa shape index (κ1) is 34.5. The molecule has 2 atom stereocenters. The molecule has 2 saturated heterocycles. The van der Waals surface area contributed by atoms with Crippen molar-refractivity contribution in [3.05, 3.63) is 84.6 Å². The topological polar surface area (TPSA) is 136 Å². The second-order valence-corrected chi connectivity index (χ2v) is 13.0. The Morgan fingerprint density at radius 1 is 1.06 bits per heavy atom. The molecule has 2 aliphatic rings. The molecule has 13 heteroatoms. The lowest BCUT2D eigenvalue weighted by Gasteiger charge is -2.40. The number of carbonyl (C=O) groups excluding carboxylic acids is 1. The number of aromatic nitrogens is 5. The van der Waals surface area contributed by atoms with Crippen LogP contribution in [0.4, 0.5) is 16.4 Å². The molecule has 7 rings (SSSR count). The maximum atomic E-state index is 12.5. The van der Waals surface area contributed by atoms with E-state index in [9.17, 15) is 4.79 Å². The lowest BCUT2D eigenvalue weighted by molar-refractivity contribution is -0.0901. The fourth-order valence-corrected chi connectivity index (χ4v) is 6.29. The summed E-state index contributed by atoms with van der Waals surface area (Å²) in [6.07, 6.45) is 5.89. The fraction of sp³-hybridized carbons (Fsp3) is 0.421. The van der Waals surface area contributed by atoms with E-state index in [4.69, 9.17) is 33.8 Å². The molecule has 0 radical (unpaired) electrons. The molecule has 4 heterocycles. The highest BCUT2D eigenvalue weighted by Gasteiger charge is 2.41. The van der Waals surface area contributed by atoms with Gasteiger partial charge in [0.2, 0.25) is 5.95 Å². The summed E-state index contributed by atoms with van der Waals surface area (Å²) in [7, 11) is 0. The van der Waals surface area contributed by atoms with Crippen molar-refractivity contribution in [1.82, 2.24) is 29.9 Å². The summed E-state index contributed by atoms with van der Waals surface area (Å²) in [5.41, 5.74) is 2.98. The normalized spacial score (nSPS) is 17.4. The predicted molar refractivity (Wildman–Crippen MR) is 192 cm³/mol. The van der Waals surface area contributed by atoms with Crippen molar-refractivity contribution in [2.24, 2.45) is 0 Å². The van der Waals surface area contributed by atoms with Crippen LogP contribution in [-0.4, -0.2) is 69.2 Å². The van der Waals surface area contributed by atoms with E-state index in [0.29, 0.717) is 43.9 Å². The van der Waals surface area contributed by atoms with E-state index in [1.165, 1.54) is 0 Å². The summed E-state index contributed by atoms with van der Waals surface area (Å²) < 4.78 is 32.9. The number of hydrogen-bond acceptors (Lipinski definition) is 10. The van der Waals surface area contributed by atoms with Crippen LogP contribution in [0, 0.1) is 0 Å². The van der Waals surface area contributed by atoms with Gasteiger partial charge in [0.25, 0.3) is 0 Å². The number of ether oxygens (including phenoxy) is 5. The van der Waals surface area contributed by atoms with Gasteiger partial charge in [-0.2, -0.15) is 10.1 Å². The van der Waals surface area contributed by atoms with Crippen LogP contribution in [-0.2, 0) is 25.6 Å². The number of benzene rings is 3. The Labute approximate surface area is 297 Å². The number of anilines is 2. The average Bonchev–Trinajstić information content (AvgIpc) is 3.77. The molecule has 2 N–H and O–H groups in total. The Balaban J connectivity index is 1.03. The fourth-order valence-electron chi connectivity index (χ4n) is 6.29. The molecule has 2 aliphatic heterocycles. The minimum atomic E-state index is -0.657. The van der Waals surface area contributed by atoms with Crippen LogP contribution < -0.4 is 15.4 Å². The van der Waals surface area contributed by atoms with Gasteiger partial charge in [-0.3, -0.25) is 0 Å². The van der Waals surface area contributed by atoms with Gasteiger partial charge in [0.15, 0.2) is 18.3 Å². The van der Waals surface area contributed by atoms with Gasteiger partial charge in [0, 0.05) is 29.9 Å². The first-order valence-corrected chi connectivity index (χ1v) is 17.8. The second kappa shape index (κ2) is 15.9. The molecule has 0 spiro atoms. The van der Waals surface area contributed by atoms with Crippen LogP contribution >= 0.6 is 0 Å². The summed E-state index contributed by atoms with van der Waals surface area (Å²) in [6, 6.07) is 23.3. The Bertz CT molecular complexity index is 1880. The molecular weight excluding hydrogens is 650 g/mol. The molecule has 0 aliphatic carbocycles. The van der Waals surface area contributed by atoms with Crippen LogP contribution in [0.5, 0.6) is 5.75 Å². The third-order valence-electron chi connectivity index (χ3n) is 9.04. The Morgan fingerprint density at radius 2 is 1.90 bits per heavy atom. The molecule has 1 amide bonds.